The molecular formula is C16H21NO2S. The van der Waals surface area contributed by atoms with Crippen molar-refractivity contribution >= 4 is 10.0 Å². The van der Waals surface area contributed by atoms with Gasteiger partial charge in [-0.3, -0.25) is 0 Å². The van der Waals surface area contributed by atoms with E-state index in [2.05, 4.69) is 12.2 Å². The molecule has 1 saturated heterocycles. The second-order valence-corrected chi connectivity index (χ2v) is 7.72. The summed E-state index contributed by atoms with van der Waals surface area (Å²) in [4.78, 5) is 0.419. The van der Waals surface area contributed by atoms with Crippen molar-refractivity contribution in [3.8, 4) is 0 Å². The minimum Gasteiger partial charge on any atom is -0.207 e. The normalized spacial score (nSPS) is 27.2. The van der Waals surface area contributed by atoms with Crippen molar-refractivity contribution in [2.24, 2.45) is 5.92 Å². The molecule has 0 amide bonds. The number of benzene rings is 1. The molecule has 0 unspecified atom stereocenters. The van der Waals surface area contributed by atoms with Gasteiger partial charge in [-0.1, -0.05) is 29.8 Å². The molecule has 0 aromatic heterocycles. The molecule has 0 saturated carbocycles. The molecule has 108 valence electrons. The molecular weight excluding hydrogens is 270 g/mol. The number of allylic oxidation sites excluding steroid dienone is 1. The lowest BCUT2D eigenvalue weighted by atomic mass is 9.83. The van der Waals surface area contributed by atoms with Crippen molar-refractivity contribution in [2.45, 2.75) is 43.5 Å². The third-order valence-corrected chi connectivity index (χ3v) is 6.35. The second kappa shape index (κ2) is 5.34. The van der Waals surface area contributed by atoms with Crippen LogP contribution in [0.5, 0.6) is 0 Å². The van der Waals surface area contributed by atoms with Gasteiger partial charge in [-0.15, -0.1) is 0 Å². The fourth-order valence-electron chi connectivity index (χ4n) is 3.30. The monoisotopic (exact) mass is 291 g/mol. The third kappa shape index (κ3) is 2.42. The van der Waals surface area contributed by atoms with Gasteiger partial charge in [-0.2, -0.15) is 4.31 Å². The maximum absolute atomic E-state index is 12.8. The van der Waals surface area contributed by atoms with Gasteiger partial charge in [-0.05, 0) is 50.7 Å². The largest absolute Gasteiger partial charge is 0.243 e. The molecule has 3 nitrogen and oxygen atoms in total. The van der Waals surface area contributed by atoms with Gasteiger partial charge in [0.1, 0.15) is 0 Å². The zero-order valence-corrected chi connectivity index (χ0v) is 12.6. The van der Waals surface area contributed by atoms with Crippen molar-refractivity contribution in [2.75, 3.05) is 6.54 Å². The van der Waals surface area contributed by atoms with Crippen molar-refractivity contribution in [3.63, 3.8) is 0 Å². The molecule has 1 aromatic rings. The Morgan fingerprint density at radius 2 is 1.90 bits per heavy atom. The molecule has 3 rings (SSSR count). The molecule has 0 spiro atoms. The fraction of sp³-hybridized carbons (Fsp3) is 0.500. The number of piperidine rings is 1. The Morgan fingerprint density at radius 1 is 1.15 bits per heavy atom. The minimum absolute atomic E-state index is 0.0591. The predicted octanol–water partition coefficient (Wildman–Crippen LogP) is 3.11. The fourth-order valence-corrected chi connectivity index (χ4v) is 4.99. The molecule has 1 aliphatic heterocycles. The lowest BCUT2D eigenvalue weighted by Gasteiger charge is -2.40. The highest BCUT2D eigenvalue weighted by Gasteiger charge is 2.38. The van der Waals surface area contributed by atoms with Crippen LogP contribution in [0.1, 0.15) is 31.2 Å². The molecule has 1 aromatic carbocycles. The van der Waals surface area contributed by atoms with Gasteiger partial charge in [0, 0.05) is 12.6 Å². The van der Waals surface area contributed by atoms with Crippen LogP contribution in [0.3, 0.4) is 0 Å². The number of nitrogens with zero attached hydrogens (tertiary/aromatic N) is 1. The van der Waals surface area contributed by atoms with Crippen LogP contribution >= 0.6 is 0 Å². The van der Waals surface area contributed by atoms with Crippen LogP contribution in [0.2, 0.25) is 0 Å². The van der Waals surface area contributed by atoms with Crippen LogP contribution in [0, 0.1) is 12.8 Å². The summed E-state index contributed by atoms with van der Waals surface area (Å²) in [5.74, 6) is 0.494. The summed E-state index contributed by atoms with van der Waals surface area (Å²) in [5, 5.41) is 0. The van der Waals surface area contributed by atoms with E-state index in [1.165, 1.54) is 0 Å². The molecule has 2 aliphatic rings. The quantitative estimate of drug-likeness (QED) is 0.785. The van der Waals surface area contributed by atoms with E-state index in [0.29, 0.717) is 17.4 Å². The van der Waals surface area contributed by atoms with Gasteiger partial charge in [-0.25, -0.2) is 8.42 Å². The van der Waals surface area contributed by atoms with E-state index in [4.69, 9.17) is 0 Å². The maximum atomic E-state index is 12.8. The van der Waals surface area contributed by atoms with E-state index < -0.39 is 10.0 Å². The average Bonchev–Trinajstić information content (AvgIpc) is 2.47. The number of aryl methyl sites for hydroxylation is 1. The van der Waals surface area contributed by atoms with Gasteiger partial charge in [0.25, 0.3) is 0 Å². The van der Waals surface area contributed by atoms with Crippen LogP contribution in [0.25, 0.3) is 0 Å². The van der Waals surface area contributed by atoms with Gasteiger partial charge >= 0.3 is 0 Å². The molecule has 0 N–H and O–H groups in total. The van der Waals surface area contributed by atoms with Crippen molar-refractivity contribution in [1.82, 2.24) is 4.31 Å². The van der Waals surface area contributed by atoms with Crippen molar-refractivity contribution in [1.29, 1.82) is 0 Å². The van der Waals surface area contributed by atoms with E-state index in [0.717, 1.165) is 31.2 Å². The summed E-state index contributed by atoms with van der Waals surface area (Å²) in [5.41, 5.74) is 1.08. The summed E-state index contributed by atoms with van der Waals surface area (Å²) in [7, 11) is -3.37. The number of hydrogen-bond acceptors (Lipinski definition) is 2. The molecule has 2 atom stereocenters. The Kier molecular flexibility index (Phi) is 3.69. The number of hydrogen-bond donors (Lipinski definition) is 0. The van der Waals surface area contributed by atoms with Crippen LogP contribution in [-0.2, 0) is 10.0 Å². The minimum atomic E-state index is -3.37. The Labute approximate surface area is 121 Å². The molecule has 1 fully saturated rings. The summed E-state index contributed by atoms with van der Waals surface area (Å²) < 4.78 is 27.4. The summed E-state index contributed by atoms with van der Waals surface area (Å²) >= 11 is 0. The Morgan fingerprint density at radius 3 is 2.65 bits per heavy atom. The molecule has 4 heteroatoms. The van der Waals surface area contributed by atoms with E-state index in [1.807, 2.05) is 19.1 Å². The first kappa shape index (κ1) is 13.8. The van der Waals surface area contributed by atoms with E-state index >= 15 is 0 Å². The molecule has 20 heavy (non-hydrogen) atoms. The van der Waals surface area contributed by atoms with E-state index in [-0.39, 0.29) is 6.04 Å². The number of fused-ring (bicyclic) bond motifs is 1. The second-order valence-electron chi connectivity index (χ2n) is 5.83. The van der Waals surface area contributed by atoms with Gasteiger partial charge in [0.15, 0.2) is 0 Å². The molecule has 1 heterocycles. The number of sulfonamides is 1. The summed E-state index contributed by atoms with van der Waals surface area (Å²) in [6, 6.07) is 7.24. The average molecular weight is 291 g/mol. The lowest BCUT2D eigenvalue weighted by Crippen LogP contribution is -2.48. The van der Waals surface area contributed by atoms with Gasteiger partial charge < -0.3 is 0 Å². The predicted molar refractivity (Wildman–Crippen MR) is 80.0 cm³/mol. The van der Waals surface area contributed by atoms with Crippen LogP contribution in [-0.4, -0.2) is 25.3 Å². The van der Waals surface area contributed by atoms with Crippen LogP contribution in [0.15, 0.2) is 41.3 Å². The Balaban J connectivity index is 1.95. The standard InChI is InChI=1S/C16H21NO2S/c1-13-8-10-15(11-9-13)20(18,19)17-12-4-6-14-5-2-3-7-16(14)17/h3,7-11,14,16H,2,4-6,12H2,1H3/t14-,16-/m0/s1. The lowest BCUT2D eigenvalue weighted by molar-refractivity contribution is 0.195. The zero-order valence-electron chi connectivity index (χ0n) is 11.8. The SMILES string of the molecule is Cc1ccc(S(=O)(=O)N2CCC[C@@H]3CCC=C[C@@H]32)cc1. The molecule has 0 radical (unpaired) electrons. The summed E-state index contributed by atoms with van der Waals surface area (Å²) in [6.45, 7) is 2.61. The van der Waals surface area contributed by atoms with Gasteiger partial charge in [0.05, 0.1) is 4.90 Å². The highest BCUT2D eigenvalue weighted by atomic mass is 32.2. The smallest absolute Gasteiger partial charge is 0.207 e. The summed E-state index contributed by atoms with van der Waals surface area (Å²) in [6.07, 6.45) is 8.54. The first-order chi connectivity index (χ1) is 9.59. The van der Waals surface area contributed by atoms with Crippen LogP contribution in [0.4, 0.5) is 0 Å². The Bertz CT molecular complexity index is 604. The zero-order chi connectivity index (χ0) is 14.2. The highest BCUT2D eigenvalue weighted by molar-refractivity contribution is 7.89. The topological polar surface area (TPSA) is 37.4 Å². The maximum Gasteiger partial charge on any atom is 0.243 e. The van der Waals surface area contributed by atoms with E-state index in [9.17, 15) is 8.42 Å². The first-order valence-corrected chi connectivity index (χ1v) is 8.78. The van der Waals surface area contributed by atoms with Crippen molar-refractivity contribution in [3.05, 3.63) is 42.0 Å². The van der Waals surface area contributed by atoms with E-state index in [1.54, 1.807) is 16.4 Å². The molecule has 0 bridgehead atoms. The van der Waals surface area contributed by atoms with Crippen LogP contribution < -0.4 is 0 Å². The first-order valence-electron chi connectivity index (χ1n) is 7.34. The Hall–Kier alpha value is -1.13. The third-order valence-electron chi connectivity index (χ3n) is 4.43. The molecule has 1 aliphatic carbocycles. The van der Waals surface area contributed by atoms with Gasteiger partial charge in [0.2, 0.25) is 10.0 Å². The highest BCUT2D eigenvalue weighted by Crippen LogP contribution is 2.35. The van der Waals surface area contributed by atoms with Crippen molar-refractivity contribution < 1.29 is 8.42 Å². The number of rotatable bonds is 2.